The number of aliphatic carboxylic acids is 1. The standard InChI is InChI=1S/C20H18BrFN2O4S/c1-2-17(20(28)24-16-7-6-12(21)10-15(16)22)29-14-5-3-4-13(11-14)23-18(25)8-9-19(26)27/h3-11,17H,2H2,1H3,(H,23,25)(H,24,28)(H,26,27)/b9-8+. The lowest BCUT2D eigenvalue weighted by atomic mass is 10.2. The molecule has 0 aliphatic carbocycles. The minimum Gasteiger partial charge on any atom is -0.478 e. The number of benzene rings is 2. The third-order valence-electron chi connectivity index (χ3n) is 3.61. The van der Waals surface area contributed by atoms with Gasteiger partial charge in [0.2, 0.25) is 11.8 Å². The van der Waals surface area contributed by atoms with E-state index in [4.69, 9.17) is 5.11 Å². The molecule has 2 rings (SSSR count). The van der Waals surface area contributed by atoms with Gasteiger partial charge in [0.05, 0.1) is 10.9 Å². The zero-order chi connectivity index (χ0) is 21.4. The highest BCUT2D eigenvalue weighted by Gasteiger charge is 2.19. The van der Waals surface area contributed by atoms with Crippen molar-refractivity contribution in [2.24, 2.45) is 0 Å². The van der Waals surface area contributed by atoms with Gasteiger partial charge in [-0.3, -0.25) is 9.59 Å². The summed E-state index contributed by atoms with van der Waals surface area (Å²) in [5.41, 5.74) is 0.563. The molecule has 2 aromatic rings. The number of thioether (sulfide) groups is 1. The van der Waals surface area contributed by atoms with E-state index in [-0.39, 0.29) is 11.6 Å². The van der Waals surface area contributed by atoms with E-state index < -0.39 is 22.9 Å². The lowest BCUT2D eigenvalue weighted by molar-refractivity contribution is -0.131. The van der Waals surface area contributed by atoms with Crippen LogP contribution in [0.2, 0.25) is 0 Å². The van der Waals surface area contributed by atoms with Gasteiger partial charge in [-0.15, -0.1) is 11.8 Å². The summed E-state index contributed by atoms with van der Waals surface area (Å²) in [5, 5.41) is 13.2. The third kappa shape index (κ3) is 7.35. The van der Waals surface area contributed by atoms with Gasteiger partial charge >= 0.3 is 5.97 Å². The molecule has 0 spiro atoms. The molecule has 152 valence electrons. The Kier molecular flexibility index (Phi) is 8.41. The number of anilines is 2. The van der Waals surface area contributed by atoms with Gasteiger partial charge in [-0.25, -0.2) is 9.18 Å². The van der Waals surface area contributed by atoms with Gasteiger partial charge in [-0.2, -0.15) is 0 Å². The quantitative estimate of drug-likeness (QED) is 0.376. The summed E-state index contributed by atoms with van der Waals surface area (Å²) < 4.78 is 14.5. The van der Waals surface area contributed by atoms with Crippen LogP contribution in [-0.2, 0) is 14.4 Å². The van der Waals surface area contributed by atoms with E-state index in [2.05, 4.69) is 26.6 Å². The summed E-state index contributed by atoms with van der Waals surface area (Å²) in [4.78, 5) is 35.4. The number of carboxylic acids is 1. The number of halogens is 2. The van der Waals surface area contributed by atoms with Crippen LogP contribution in [0.3, 0.4) is 0 Å². The van der Waals surface area contributed by atoms with Crippen LogP contribution in [0.4, 0.5) is 15.8 Å². The van der Waals surface area contributed by atoms with Gasteiger partial charge < -0.3 is 15.7 Å². The summed E-state index contributed by atoms with van der Waals surface area (Å²) in [6, 6.07) is 11.2. The molecule has 0 bridgehead atoms. The molecule has 0 aromatic heterocycles. The summed E-state index contributed by atoms with van der Waals surface area (Å²) in [6.45, 7) is 1.84. The molecule has 1 unspecified atom stereocenters. The molecule has 0 saturated carbocycles. The average molecular weight is 481 g/mol. The normalized spacial score (nSPS) is 11.8. The first-order valence-electron chi connectivity index (χ1n) is 8.53. The third-order valence-corrected chi connectivity index (χ3v) is 5.46. The Morgan fingerprint density at radius 2 is 1.93 bits per heavy atom. The predicted octanol–water partition coefficient (Wildman–Crippen LogP) is 4.68. The number of carbonyl (C=O) groups excluding carboxylic acids is 2. The van der Waals surface area contributed by atoms with Crippen LogP contribution < -0.4 is 10.6 Å². The Morgan fingerprint density at radius 1 is 1.17 bits per heavy atom. The predicted molar refractivity (Wildman–Crippen MR) is 115 cm³/mol. The molecule has 1 atom stereocenters. The van der Waals surface area contributed by atoms with Gasteiger partial charge in [0.1, 0.15) is 5.82 Å². The fourth-order valence-electron chi connectivity index (χ4n) is 2.27. The zero-order valence-corrected chi connectivity index (χ0v) is 17.7. The largest absolute Gasteiger partial charge is 0.478 e. The minimum absolute atomic E-state index is 0.100. The Hall–Kier alpha value is -2.65. The molecular formula is C20H18BrFN2O4S. The van der Waals surface area contributed by atoms with Crippen molar-refractivity contribution in [3.8, 4) is 0 Å². The fraction of sp³-hybridized carbons (Fsp3) is 0.150. The molecule has 0 heterocycles. The smallest absolute Gasteiger partial charge is 0.328 e. The van der Waals surface area contributed by atoms with Gasteiger partial charge in [0.15, 0.2) is 0 Å². The number of rotatable bonds is 8. The van der Waals surface area contributed by atoms with Gasteiger partial charge in [0, 0.05) is 27.2 Å². The monoisotopic (exact) mass is 480 g/mol. The SMILES string of the molecule is CCC(Sc1cccc(NC(=O)/C=C/C(=O)O)c1)C(=O)Nc1ccc(Br)cc1F. The number of nitrogens with one attached hydrogen (secondary N) is 2. The van der Waals surface area contributed by atoms with Crippen LogP contribution in [0.5, 0.6) is 0 Å². The maximum absolute atomic E-state index is 14.0. The molecule has 0 aliphatic heterocycles. The Labute approximate surface area is 179 Å². The molecule has 2 aromatic carbocycles. The second-order valence-electron chi connectivity index (χ2n) is 5.82. The lowest BCUT2D eigenvalue weighted by Crippen LogP contribution is -2.25. The average Bonchev–Trinajstić information content (AvgIpc) is 2.67. The van der Waals surface area contributed by atoms with Crippen molar-refractivity contribution in [2.75, 3.05) is 10.6 Å². The summed E-state index contributed by atoms with van der Waals surface area (Å²) in [6.07, 6.45) is 2.16. The van der Waals surface area contributed by atoms with E-state index >= 15 is 0 Å². The van der Waals surface area contributed by atoms with Crippen LogP contribution in [0.25, 0.3) is 0 Å². The second kappa shape index (κ2) is 10.8. The Balaban J connectivity index is 2.05. The molecule has 0 fully saturated rings. The number of hydrogen-bond acceptors (Lipinski definition) is 4. The van der Waals surface area contributed by atoms with Crippen molar-refractivity contribution < 1.29 is 23.9 Å². The van der Waals surface area contributed by atoms with Crippen molar-refractivity contribution in [3.63, 3.8) is 0 Å². The van der Waals surface area contributed by atoms with Crippen molar-refractivity contribution in [1.29, 1.82) is 0 Å². The van der Waals surface area contributed by atoms with Crippen molar-refractivity contribution in [1.82, 2.24) is 0 Å². The van der Waals surface area contributed by atoms with Gasteiger partial charge in [-0.05, 0) is 42.8 Å². The van der Waals surface area contributed by atoms with E-state index in [0.717, 1.165) is 17.0 Å². The molecule has 9 heteroatoms. The molecule has 2 amide bonds. The second-order valence-corrected chi connectivity index (χ2v) is 8.01. The molecule has 0 saturated heterocycles. The van der Waals surface area contributed by atoms with E-state index in [1.807, 2.05) is 6.92 Å². The Bertz CT molecular complexity index is 952. The minimum atomic E-state index is -1.22. The molecule has 6 nitrogen and oxygen atoms in total. The van der Waals surface area contributed by atoms with Gasteiger partial charge in [-0.1, -0.05) is 28.9 Å². The van der Waals surface area contributed by atoms with E-state index in [0.29, 0.717) is 16.6 Å². The molecule has 29 heavy (non-hydrogen) atoms. The first-order valence-corrected chi connectivity index (χ1v) is 10.2. The van der Waals surface area contributed by atoms with Crippen molar-refractivity contribution >= 4 is 56.9 Å². The van der Waals surface area contributed by atoms with Crippen LogP contribution in [-0.4, -0.2) is 28.1 Å². The lowest BCUT2D eigenvalue weighted by Gasteiger charge is -2.16. The topological polar surface area (TPSA) is 95.5 Å². The zero-order valence-electron chi connectivity index (χ0n) is 15.3. The number of carboxylic acid groups (broad SMARTS) is 1. The molecule has 0 radical (unpaired) electrons. The Morgan fingerprint density at radius 3 is 2.59 bits per heavy atom. The van der Waals surface area contributed by atoms with Crippen LogP contribution in [0.1, 0.15) is 13.3 Å². The molecular weight excluding hydrogens is 463 g/mol. The van der Waals surface area contributed by atoms with E-state index in [1.54, 1.807) is 30.3 Å². The maximum atomic E-state index is 14.0. The maximum Gasteiger partial charge on any atom is 0.328 e. The highest BCUT2D eigenvalue weighted by molar-refractivity contribution is 9.10. The van der Waals surface area contributed by atoms with Crippen molar-refractivity contribution in [2.45, 2.75) is 23.5 Å². The highest BCUT2D eigenvalue weighted by Crippen LogP contribution is 2.29. The number of hydrogen-bond donors (Lipinski definition) is 3. The fourth-order valence-corrected chi connectivity index (χ4v) is 3.62. The van der Waals surface area contributed by atoms with Crippen molar-refractivity contribution in [3.05, 3.63) is 64.9 Å². The van der Waals surface area contributed by atoms with E-state index in [1.165, 1.54) is 23.9 Å². The summed E-state index contributed by atoms with van der Waals surface area (Å²) in [7, 11) is 0. The first kappa shape index (κ1) is 22.6. The molecule has 3 N–H and O–H groups in total. The first-order chi connectivity index (χ1) is 13.8. The number of amides is 2. The van der Waals surface area contributed by atoms with Crippen LogP contribution in [0, 0.1) is 5.82 Å². The van der Waals surface area contributed by atoms with Crippen LogP contribution >= 0.6 is 27.7 Å². The summed E-state index contributed by atoms with van der Waals surface area (Å²) >= 11 is 4.45. The van der Waals surface area contributed by atoms with E-state index in [9.17, 15) is 18.8 Å². The molecule has 0 aliphatic rings. The highest BCUT2D eigenvalue weighted by atomic mass is 79.9. The van der Waals surface area contributed by atoms with Gasteiger partial charge in [0.25, 0.3) is 0 Å². The van der Waals surface area contributed by atoms with Crippen LogP contribution in [0.15, 0.2) is 64.0 Å². The number of carbonyl (C=O) groups is 3. The summed E-state index contributed by atoms with van der Waals surface area (Å²) in [5.74, 6) is -2.67.